The van der Waals surface area contributed by atoms with Crippen molar-refractivity contribution in [2.45, 2.75) is 18.9 Å². The Kier molecular flexibility index (Phi) is 5.20. The van der Waals surface area contributed by atoms with Gasteiger partial charge in [-0.05, 0) is 49.2 Å². The zero-order valence-corrected chi connectivity index (χ0v) is 13.6. The predicted molar refractivity (Wildman–Crippen MR) is 84.0 cm³/mol. The van der Waals surface area contributed by atoms with E-state index in [0.717, 1.165) is 23.1 Å². The molecule has 2 rings (SSSR count). The summed E-state index contributed by atoms with van der Waals surface area (Å²) in [4.78, 5) is 0. The van der Waals surface area contributed by atoms with Crippen molar-refractivity contribution in [1.29, 1.82) is 0 Å². The average Bonchev–Trinajstić information content (AvgIpc) is 2.87. The molecule has 0 aliphatic rings. The van der Waals surface area contributed by atoms with Gasteiger partial charge < -0.3 is 10.1 Å². The lowest BCUT2D eigenvalue weighted by Crippen LogP contribution is -2.17. The molecule has 4 nitrogen and oxygen atoms in total. The summed E-state index contributed by atoms with van der Waals surface area (Å²) in [6.45, 7) is 0. The van der Waals surface area contributed by atoms with E-state index in [9.17, 15) is 0 Å². The fourth-order valence-corrected chi connectivity index (χ4v) is 2.81. The third-order valence-electron chi connectivity index (χ3n) is 3.41. The molecule has 0 spiro atoms. The van der Waals surface area contributed by atoms with Crippen molar-refractivity contribution >= 4 is 15.9 Å². The first-order valence-electron chi connectivity index (χ1n) is 6.62. The van der Waals surface area contributed by atoms with E-state index in [-0.39, 0.29) is 6.04 Å². The smallest absolute Gasteiger partial charge is 0.119 e. The van der Waals surface area contributed by atoms with Gasteiger partial charge in [-0.25, -0.2) is 0 Å². The first kappa shape index (κ1) is 15.1. The van der Waals surface area contributed by atoms with Gasteiger partial charge in [-0.15, -0.1) is 0 Å². The van der Waals surface area contributed by atoms with Gasteiger partial charge in [-0.1, -0.05) is 15.9 Å². The van der Waals surface area contributed by atoms with E-state index in [4.69, 9.17) is 4.74 Å². The van der Waals surface area contributed by atoms with Crippen LogP contribution in [0.25, 0.3) is 0 Å². The molecule has 1 N–H and O–H groups in total. The number of aromatic nitrogens is 2. The lowest BCUT2D eigenvalue weighted by atomic mass is 10.00. The monoisotopic (exact) mass is 337 g/mol. The molecule has 5 heteroatoms. The molecule has 0 bridgehead atoms. The zero-order chi connectivity index (χ0) is 14.5. The Morgan fingerprint density at radius 3 is 2.85 bits per heavy atom. The van der Waals surface area contributed by atoms with Crippen molar-refractivity contribution in [3.63, 3.8) is 0 Å². The molecule has 0 aliphatic carbocycles. The summed E-state index contributed by atoms with van der Waals surface area (Å²) in [6, 6.07) is 6.35. The highest BCUT2D eigenvalue weighted by atomic mass is 79.9. The number of hydrogen-bond acceptors (Lipinski definition) is 3. The molecule has 0 radical (unpaired) electrons. The standard InChI is InChI=1S/C15H20BrN3O/c1-17-15(7-4-11-9-18-19(2)10-11)13-8-12(20-3)5-6-14(13)16/h5-6,8-10,15,17H,4,7H2,1-3H3. The molecule has 108 valence electrons. The minimum atomic E-state index is 0.277. The lowest BCUT2D eigenvalue weighted by molar-refractivity contribution is 0.412. The summed E-state index contributed by atoms with van der Waals surface area (Å²) in [5, 5.41) is 7.58. The van der Waals surface area contributed by atoms with Crippen LogP contribution in [0.4, 0.5) is 0 Å². The summed E-state index contributed by atoms with van der Waals surface area (Å²) >= 11 is 3.62. The number of ether oxygens (including phenoxy) is 1. The average molecular weight is 338 g/mol. The Labute approximate surface area is 128 Å². The van der Waals surface area contributed by atoms with Gasteiger partial charge in [0.05, 0.1) is 13.3 Å². The number of aryl methyl sites for hydroxylation is 2. The number of nitrogens with zero attached hydrogens (tertiary/aromatic N) is 2. The lowest BCUT2D eigenvalue weighted by Gasteiger charge is -2.18. The van der Waals surface area contributed by atoms with Gasteiger partial charge in [-0.3, -0.25) is 4.68 Å². The molecule has 1 heterocycles. The Bertz CT molecular complexity index is 568. The third-order valence-corrected chi connectivity index (χ3v) is 4.13. The van der Waals surface area contributed by atoms with Crippen molar-refractivity contribution in [1.82, 2.24) is 15.1 Å². The fourth-order valence-electron chi connectivity index (χ4n) is 2.28. The molecule has 2 aromatic rings. The van der Waals surface area contributed by atoms with E-state index < -0.39 is 0 Å². The van der Waals surface area contributed by atoms with Gasteiger partial charge in [0.25, 0.3) is 0 Å². The van der Waals surface area contributed by atoms with Crippen LogP contribution < -0.4 is 10.1 Å². The molecule has 1 aromatic heterocycles. The molecule has 1 unspecified atom stereocenters. The van der Waals surface area contributed by atoms with Crippen molar-refractivity contribution in [3.8, 4) is 5.75 Å². The summed E-state index contributed by atoms with van der Waals surface area (Å²) in [5.41, 5.74) is 2.47. The SMILES string of the molecule is CNC(CCc1cnn(C)c1)c1cc(OC)ccc1Br. The number of hydrogen-bond donors (Lipinski definition) is 1. The van der Waals surface area contributed by atoms with Crippen LogP contribution in [0.1, 0.15) is 23.6 Å². The highest BCUT2D eigenvalue weighted by Crippen LogP contribution is 2.30. The maximum atomic E-state index is 5.31. The molecule has 20 heavy (non-hydrogen) atoms. The Balaban J connectivity index is 2.11. The van der Waals surface area contributed by atoms with E-state index in [2.05, 4.69) is 38.6 Å². The van der Waals surface area contributed by atoms with Crippen molar-refractivity contribution in [3.05, 3.63) is 46.2 Å². The van der Waals surface area contributed by atoms with Crippen LogP contribution in [0.2, 0.25) is 0 Å². The van der Waals surface area contributed by atoms with Gasteiger partial charge >= 0.3 is 0 Å². The van der Waals surface area contributed by atoms with Crippen LogP contribution >= 0.6 is 15.9 Å². The Hall–Kier alpha value is -1.33. The Morgan fingerprint density at radius 1 is 1.45 bits per heavy atom. The topological polar surface area (TPSA) is 39.1 Å². The van der Waals surface area contributed by atoms with Crippen LogP contribution in [0.3, 0.4) is 0 Å². The van der Waals surface area contributed by atoms with Crippen LogP contribution in [-0.2, 0) is 13.5 Å². The van der Waals surface area contributed by atoms with Crippen LogP contribution in [0.5, 0.6) is 5.75 Å². The van der Waals surface area contributed by atoms with Crippen molar-refractivity contribution < 1.29 is 4.74 Å². The van der Waals surface area contributed by atoms with E-state index in [1.165, 1.54) is 11.1 Å². The molecule has 0 amide bonds. The predicted octanol–water partition coefficient (Wildman–Crippen LogP) is 3.08. The molecule has 0 saturated heterocycles. The number of methoxy groups -OCH3 is 1. The largest absolute Gasteiger partial charge is 0.497 e. The highest BCUT2D eigenvalue weighted by molar-refractivity contribution is 9.10. The van der Waals surface area contributed by atoms with E-state index in [1.807, 2.05) is 37.1 Å². The fraction of sp³-hybridized carbons (Fsp3) is 0.400. The number of halogens is 1. The quantitative estimate of drug-likeness (QED) is 0.880. The molecule has 0 saturated carbocycles. The van der Waals surface area contributed by atoms with E-state index in [1.54, 1.807) is 7.11 Å². The molecule has 1 atom stereocenters. The maximum absolute atomic E-state index is 5.31. The summed E-state index contributed by atoms with van der Waals surface area (Å²) in [5.74, 6) is 0.879. The van der Waals surface area contributed by atoms with Gasteiger partial charge in [0.1, 0.15) is 5.75 Å². The second-order valence-electron chi connectivity index (χ2n) is 4.79. The van der Waals surface area contributed by atoms with E-state index >= 15 is 0 Å². The minimum absolute atomic E-state index is 0.277. The second-order valence-corrected chi connectivity index (χ2v) is 5.64. The van der Waals surface area contributed by atoms with Gasteiger partial charge in [-0.2, -0.15) is 5.10 Å². The number of nitrogens with one attached hydrogen (secondary N) is 1. The van der Waals surface area contributed by atoms with Gasteiger partial charge in [0.2, 0.25) is 0 Å². The van der Waals surface area contributed by atoms with Crippen molar-refractivity contribution in [2.24, 2.45) is 7.05 Å². The van der Waals surface area contributed by atoms with Crippen LogP contribution in [-0.4, -0.2) is 23.9 Å². The number of benzene rings is 1. The van der Waals surface area contributed by atoms with Crippen molar-refractivity contribution in [2.75, 3.05) is 14.2 Å². The second kappa shape index (κ2) is 6.90. The zero-order valence-electron chi connectivity index (χ0n) is 12.1. The van der Waals surface area contributed by atoms with Crippen LogP contribution in [0, 0.1) is 0 Å². The summed E-state index contributed by atoms with van der Waals surface area (Å²) in [7, 11) is 5.62. The first-order valence-corrected chi connectivity index (χ1v) is 7.41. The highest BCUT2D eigenvalue weighted by Gasteiger charge is 2.14. The minimum Gasteiger partial charge on any atom is -0.497 e. The number of rotatable bonds is 6. The van der Waals surface area contributed by atoms with E-state index in [0.29, 0.717) is 0 Å². The molecule has 0 fully saturated rings. The Morgan fingerprint density at radius 2 is 2.25 bits per heavy atom. The third kappa shape index (κ3) is 3.61. The maximum Gasteiger partial charge on any atom is 0.119 e. The van der Waals surface area contributed by atoms with Gasteiger partial charge in [0, 0.05) is 23.8 Å². The molecular weight excluding hydrogens is 318 g/mol. The normalized spacial score (nSPS) is 12.4. The summed E-state index contributed by atoms with van der Waals surface area (Å²) in [6.07, 6.45) is 5.98. The molecular formula is C15H20BrN3O. The van der Waals surface area contributed by atoms with Crippen LogP contribution in [0.15, 0.2) is 35.1 Å². The van der Waals surface area contributed by atoms with Gasteiger partial charge in [0.15, 0.2) is 0 Å². The molecule has 1 aromatic carbocycles. The summed E-state index contributed by atoms with van der Waals surface area (Å²) < 4.78 is 8.25. The first-order chi connectivity index (χ1) is 9.63. The molecule has 0 aliphatic heterocycles.